The Morgan fingerprint density at radius 1 is 1.24 bits per heavy atom. The molecule has 112 valence electrons. The minimum Gasteiger partial charge on any atom is -0.361 e. The van der Waals surface area contributed by atoms with Gasteiger partial charge < -0.3 is 4.90 Å². The number of hydrogen-bond acceptors (Lipinski definition) is 3. The largest absolute Gasteiger partial charge is 0.361 e. The first kappa shape index (κ1) is 14.6. The van der Waals surface area contributed by atoms with E-state index >= 15 is 0 Å². The van der Waals surface area contributed by atoms with Crippen molar-refractivity contribution >= 4 is 27.5 Å². The molecule has 2 aromatic rings. The number of nitrogens with zero attached hydrogens (tertiary/aromatic N) is 1. The summed E-state index contributed by atoms with van der Waals surface area (Å²) >= 11 is 1.91. The molecule has 1 aliphatic heterocycles. The van der Waals surface area contributed by atoms with Crippen LogP contribution in [0.5, 0.6) is 0 Å². The van der Waals surface area contributed by atoms with Crippen LogP contribution in [0.2, 0.25) is 0 Å². The molecule has 0 aliphatic carbocycles. The highest BCUT2D eigenvalue weighted by Crippen LogP contribution is 2.40. The molecule has 1 aromatic carbocycles. The van der Waals surface area contributed by atoms with Gasteiger partial charge in [0, 0.05) is 34.9 Å². The lowest BCUT2D eigenvalue weighted by molar-refractivity contribution is 0.194. The van der Waals surface area contributed by atoms with Gasteiger partial charge in [-0.15, -0.1) is 11.3 Å². The third-order valence-corrected chi connectivity index (χ3v) is 5.74. The van der Waals surface area contributed by atoms with Crippen molar-refractivity contribution in [3.05, 3.63) is 40.9 Å². The molecule has 1 unspecified atom stereocenters. The lowest BCUT2D eigenvalue weighted by Gasteiger charge is -2.37. The maximum atomic E-state index is 3.81. The van der Waals surface area contributed by atoms with E-state index in [4.69, 9.17) is 0 Å². The Morgan fingerprint density at radius 2 is 1.95 bits per heavy atom. The summed E-state index contributed by atoms with van der Waals surface area (Å²) in [5.41, 5.74) is 1.63. The first-order chi connectivity index (χ1) is 9.88. The van der Waals surface area contributed by atoms with Crippen molar-refractivity contribution < 1.29 is 0 Å². The highest BCUT2D eigenvalue weighted by molar-refractivity contribution is 7.19. The molecule has 0 spiro atoms. The van der Waals surface area contributed by atoms with Crippen LogP contribution in [0.25, 0.3) is 16.2 Å². The van der Waals surface area contributed by atoms with Crippen molar-refractivity contribution in [1.82, 2.24) is 10.2 Å². The zero-order valence-electron chi connectivity index (χ0n) is 13.5. The van der Waals surface area contributed by atoms with Gasteiger partial charge in [0.1, 0.15) is 6.17 Å². The maximum absolute atomic E-state index is 3.81. The molecule has 3 heteroatoms. The van der Waals surface area contributed by atoms with E-state index in [-0.39, 0.29) is 11.6 Å². The molecule has 0 fully saturated rings. The van der Waals surface area contributed by atoms with Crippen LogP contribution in [0, 0.1) is 5.41 Å². The summed E-state index contributed by atoms with van der Waals surface area (Å²) in [7, 11) is 2.15. The molecule has 1 aliphatic rings. The summed E-state index contributed by atoms with van der Waals surface area (Å²) in [5.74, 6) is 0. The van der Waals surface area contributed by atoms with Crippen LogP contribution in [0.15, 0.2) is 30.5 Å². The molecular formula is C18H24N2S. The van der Waals surface area contributed by atoms with Crippen LogP contribution in [0.3, 0.4) is 0 Å². The fraction of sp³-hybridized carbons (Fsp3) is 0.444. The minimum atomic E-state index is 0.249. The van der Waals surface area contributed by atoms with Crippen LogP contribution < -0.4 is 5.32 Å². The fourth-order valence-corrected chi connectivity index (χ4v) is 3.91. The number of benzene rings is 1. The quantitative estimate of drug-likeness (QED) is 0.853. The Morgan fingerprint density at radius 3 is 2.67 bits per heavy atom. The van der Waals surface area contributed by atoms with Crippen LogP contribution >= 0.6 is 11.3 Å². The van der Waals surface area contributed by atoms with E-state index in [1.54, 1.807) is 0 Å². The van der Waals surface area contributed by atoms with Crippen molar-refractivity contribution in [2.45, 2.75) is 39.9 Å². The predicted molar refractivity (Wildman–Crippen MR) is 93.4 cm³/mol. The molecule has 0 radical (unpaired) electrons. The van der Waals surface area contributed by atoms with Gasteiger partial charge >= 0.3 is 0 Å². The maximum Gasteiger partial charge on any atom is 0.115 e. The first-order valence-electron chi connectivity index (χ1n) is 7.55. The molecule has 0 saturated heterocycles. The molecule has 0 amide bonds. The third kappa shape index (κ3) is 2.60. The topological polar surface area (TPSA) is 15.3 Å². The van der Waals surface area contributed by atoms with E-state index in [0.29, 0.717) is 6.04 Å². The van der Waals surface area contributed by atoms with Gasteiger partial charge in [0.15, 0.2) is 0 Å². The van der Waals surface area contributed by atoms with Gasteiger partial charge in [0.25, 0.3) is 0 Å². The molecule has 1 aromatic heterocycles. The molecule has 2 atom stereocenters. The number of fused-ring (bicyclic) bond motifs is 3. The van der Waals surface area contributed by atoms with E-state index in [1.165, 1.54) is 20.5 Å². The Hall–Kier alpha value is -1.32. The van der Waals surface area contributed by atoms with Gasteiger partial charge in [-0.3, -0.25) is 5.32 Å². The Kier molecular flexibility index (Phi) is 3.58. The van der Waals surface area contributed by atoms with Crippen LogP contribution in [0.1, 0.15) is 44.3 Å². The second-order valence-electron chi connectivity index (χ2n) is 7.01. The first-order valence-corrected chi connectivity index (χ1v) is 8.37. The summed E-state index contributed by atoms with van der Waals surface area (Å²) in [6.45, 7) is 9.14. The van der Waals surface area contributed by atoms with E-state index in [9.17, 15) is 0 Å². The Bertz CT molecular complexity index is 678. The molecule has 1 N–H and O–H groups in total. The van der Waals surface area contributed by atoms with Crippen molar-refractivity contribution in [2.75, 3.05) is 7.05 Å². The van der Waals surface area contributed by atoms with Crippen LogP contribution in [0.4, 0.5) is 0 Å². The minimum absolute atomic E-state index is 0.249. The molecule has 0 bridgehead atoms. The zero-order valence-corrected chi connectivity index (χ0v) is 14.3. The lowest BCUT2D eigenvalue weighted by Crippen LogP contribution is -2.44. The third-order valence-electron chi connectivity index (χ3n) is 4.50. The van der Waals surface area contributed by atoms with Gasteiger partial charge in [-0.2, -0.15) is 0 Å². The van der Waals surface area contributed by atoms with Crippen LogP contribution in [-0.2, 0) is 0 Å². The zero-order chi connectivity index (χ0) is 15.2. The van der Waals surface area contributed by atoms with Crippen molar-refractivity contribution in [3.8, 4) is 0 Å². The summed E-state index contributed by atoms with van der Waals surface area (Å²) in [5, 5.41) is 5.18. The summed E-state index contributed by atoms with van der Waals surface area (Å²) in [6.07, 6.45) is 4.69. The van der Waals surface area contributed by atoms with Gasteiger partial charge in [-0.25, -0.2) is 0 Å². The molecule has 21 heavy (non-hydrogen) atoms. The molecule has 2 heterocycles. The molecule has 2 nitrogen and oxygen atoms in total. The van der Waals surface area contributed by atoms with E-state index in [0.717, 1.165) is 0 Å². The SMILES string of the molecule is C[C@@H](NC1c2sc3ccccc3c2C=CN1C)C(C)(C)C. The average Bonchev–Trinajstić information content (AvgIpc) is 2.79. The predicted octanol–water partition coefficient (Wildman–Crippen LogP) is 4.84. The number of hydrogen-bond donors (Lipinski definition) is 1. The Labute approximate surface area is 131 Å². The number of nitrogens with one attached hydrogen (secondary N) is 1. The number of rotatable bonds is 2. The van der Waals surface area contributed by atoms with E-state index in [2.05, 4.69) is 81.5 Å². The van der Waals surface area contributed by atoms with Gasteiger partial charge in [0.2, 0.25) is 0 Å². The Balaban J connectivity index is 2.01. The van der Waals surface area contributed by atoms with Crippen molar-refractivity contribution in [1.29, 1.82) is 0 Å². The van der Waals surface area contributed by atoms with Gasteiger partial charge in [-0.1, -0.05) is 39.0 Å². The second-order valence-corrected chi connectivity index (χ2v) is 8.10. The van der Waals surface area contributed by atoms with Crippen LogP contribution in [-0.4, -0.2) is 18.0 Å². The summed E-state index contributed by atoms with van der Waals surface area (Å²) < 4.78 is 1.37. The fourth-order valence-electron chi connectivity index (χ4n) is 2.60. The summed E-state index contributed by atoms with van der Waals surface area (Å²) in [6, 6.07) is 9.13. The smallest absolute Gasteiger partial charge is 0.115 e. The summed E-state index contributed by atoms with van der Waals surface area (Å²) in [4.78, 5) is 3.71. The molecule has 0 saturated carbocycles. The monoisotopic (exact) mass is 300 g/mol. The average molecular weight is 300 g/mol. The highest BCUT2D eigenvalue weighted by atomic mass is 32.1. The van der Waals surface area contributed by atoms with Crippen molar-refractivity contribution in [2.24, 2.45) is 5.41 Å². The molecule has 3 rings (SSSR count). The van der Waals surface area contributed by atoms with Gasteiger partial charge in [-0.05, 0) is 24.5 Å². The molecular weight excluding hydrogens is 276 g/mol. The van der Waals surface area contributed by atoms with Gasteiger partial charge in [0.05, 0.1) is 4.88 Å². The standard InChI is InChI=1S/C18H24N2S/c1-12(18(2,3)4)19-17-16-14(10-11-20(17)5)13-8-6-7-9-15(13)21-16/h6-12,17,19H,1-5H3/t12-,17?/m1/s1. The van der Waals surface area contributed by atoms with E-state index < -0.39 is 0 Å². The highest BCUT2D eigenvalue weighted by Gasteiger charge is 2.29. The number of thiophene rings is 1. The lowest BCUT2D eigenvalue weighted by atomic mass is 9.87. The van der Waals surface area contributed by atoms with Crippen molar-refractivity contribution in [3.63, 3.8) is 0 Å². The van der Waals surface area contributed by atoms with E-state index in [1.807, 2.05) is 11.3 Å². The normalized spacial score (nSPS) is 19.9. The second kappa shape index (κ2) is 5.15.